The molecule has 0 bridgehead atoms. The van der Waals surface area contributed by atoms with Gasteiger partial charge in [0.1, 0.15) is 0 Å². The van der Waals surface area contributed by atoms with Crippen molar-refractivity contribution < 1.29 is 8.42 Å². The molecule has 2 aromatic rings. The molecule has 1 heterocycles. The Hall–Kier alpha value is -1.92. The van der Waals surface area contributed by atoms with Crippen LogP contribution in [0, 0.1) is 13.8 Å². The zero-order chi connectivity index (χ0) is 14.8. The van der Waals surface area contributed by atoms with Crippen LogP contribution in [0.3, 0.4) is 0 Å². The molecule has 0 unspecified atom stereocenters. The van der Waals surface area contributed by atoms with Crippen LogP contribution in [0.2, 0.25) is 0 Å². The number of benzene rings is 1. The number of nitrogens with zero attached hydrogens (tertiary/aromatic N) is 1. The monoisotopic (exact) mass is 291 g/mol. The third kappa shape index (κ3) is 3.15. The highest BCUT2D eigenvalue weighted by atomic mass is 32.2. The van der Waals surface area contributed by atoms with Gasteiger partial charge in [-0.2, -0.15) is 8.42 Å². The molecule has 0 amide bonds. The summed E-state index contributed by atoms with van der Waals surface area (Å²) in [5, 5.41) is 0. The van der Waals surface area contributed by atoms with Gasteiger partial charge in [-0.05, 0) is 48.7 Å². The fourth-order valence-corrected chi connectivity index (χ4v) is 2.52. The molecule has 0 aliphatic rings. The van der Waals surface area contributed by atoms with Crippen molar-refractivity contribution in [1.29, 1.82) is 0 Å². The highest BCUT2D eigenvalue weighted by Gasteiger charge is 2.09. The number of anilines is 1. The van der Waals surface area contributed by atoms with Crippen molar-refractivity contribution in [1.82, 2.24) is 9.71 Å². The number of hydrogen-bond acceptors (Lipinski definition) is 3. The van der Waals surface area contributed by atoms with E-state index in [9.17, 15) is 8.42 Å². The molecular weight excluding hydrogens is 274 g/mol. The van der Waals surface area contributed by atoms with Crippen LogP contribution in [-0.4, -0.2) is 20.4 Å². The molecule has 6 heteroatoms. The maximum Gasteiger partial charge on any atom is 0.298 e. The average molecular weight is 291 g/mol. The molecule has 0 aliphatic carbocycles. The first-order valence-electron chi connectivity index (χ1n) is 6.16. The minimum absolute atomic E-state index is 0.530. The first-order valence-corrected chi connectivity index (χ1v) is 7.64. The van der Waals surface area contributed by atoms with Crippen LogP contribution >= 0.6 is 0 Å². The van der Waals surface area contributed by atoms with E-state index in [4.69, 9.17) is 0 Å². The topological polar surface area (TPSA) is 71.1 Å². The van der Waals surface area contributed by atoms with Gasteiger partial charge in [0.25, 0.3) is 10.2 Å². The summed E-state index contributed by atoms with van der Waals surface area (Å²) in [6, 6.07) is 7.39. The van der Waals surface area contributed by atoms with E-state index in [-0.39, 0.29) is 0 Å². The van der Waals surface area contributed by atoms with Crippen LogP contribution < -0.4 is 9.44 Å². The largest absolute Gasteiger partial charge is 0.298 e. The summed E-state index contributed by atoms with van der Waals surface area (Å²) in [5.41, 5.74) is 4.74. The Labute approximate surface area is 119 Å². The van der Waals surface area contributed by atoms with Crippen LogP contribution in [-0.2, 0) is 10.2 Å². The predicted molar refractivity (Wildman–Crippen MR) is 80.7 cm³/mol. The molecule has 20 heavy (non-hydrogen) atoms. The highest BCUT2D eigenvalue weighted by Crippen LogP contribution is 2.27. The molecule has 0 radical (unpaired) electrons. The molecule has 2 N–H and O–H groups in total. The summed E-state index contributed by atoms with van der Waals surface area (Å²) < 4.78 is 27.6. The number of hydrogen-bond donors (Lipinski definition) is 2. The molecule has 1 aromatic heterocycles. The second-order valence-electron chi connectivity index (χ2n) is 4.53. The Balaban J connectivity index is 2.39. The molecule has 0 saturated carbocycles. The molecule has 1 aromatic carbocycles. The van der Waals surface area contributed by atoms with Crippen molar-refractivity contribution in [3.05, 3.63) is 47.8 Å². The third-order valence-corrected chi connectivity index (χ3v) is 4.12. The van der Waals surface area contributed by atoms with E-state index in [0.29, 0.717) is 5.69 Å². The van der Waals surface area contributed by atoms with Gasteiger partial charge in [-0.3, -0.25) is 9.71 Å². The lowest BCUT2D eigenvalue weighted by molar-refractivity contribution is 0.593. The summed E-state index contributed by atoms with van der Waals surface area (Å²) in [7, 11) is -2.12. The lowest BCUT2D eigenvalue weighted by Crippen LogP contribution is -2.26. The Kier molecular flexibility index (Phi) is 4.06. The molecule has 0 aliphatic heterocycles. The zero-order valence-electron chi connectivity index (χ0n) is 11.6. The Bertz CT molecular complexity index is 727. The van der Waals surface area contributed by atoms with Crippen LogP contribution in [0.4, 0.5) is 5.69 Å². The smallest absolute Gasteiger partial charge is 0.271 e. The van der Waals surface area contributed by atoms with Gasteiger partial charge in [0.05, 0.1) is 5.69 Å². The SMILES string of the molecule is CNS(=O)(=O)Nc1ccc(-c2cnccc2C)c(C)c1. The maximum atomic E-state index is 11.5. The van der Waals surface area contributed by atoms with E-state index < -0.39 is 10.2 Å². The van der Waals surface area contributed by atoms with Crippen molar-refractivity contribution in [2.24, 2.45) is 0 Å². The van der Waals surface area contributed by atoms with Gasteiger partial charge in [0, 0.05) is 25.0 Å². The molecule has 0 fully saturated rings. The van der Waals surface area contributed by atoms with E-state index >= 15 is 0 Å². The van der Waals surface area contributed by atoms with E-state index in [1.807, 2.05) is 32.2 Å². The summed E-state index contributed by atoms with van der Waals surface area (Å²) in [6.45, 7) is 3.97. The maximum absolute atomic E-state index is 11.5. The fraction of sp³-hybridized carbons (Fsp3) is 0.214. The van der Waals surface area contributed by atoms with Crippen LogP contribution in [0.1, 0.15) is 11.1 Å². The molecular formula is C14H17N3O2S. The quantitative estimate of drug-likeness (QED) is 0.907. The minimum Gasteiger partial charge on any atom is -0.271 e. The third-order valence-electron chi connectivity index (χ3n) is 3.08. The Morgan fingerprint density at radius 3 is 2.40 bits per heavy atom. The lowest BCUT2D eigenvalue weighted by atomic mass is 9.98. The zero-order valence-corrected chi connectivity index (χ0v) is 12.5. The van der Waals surface area contributed by atoms with Gasteiger partial charge >= 0.3 is 0 Å². The van der Waals surface area contributed by atoms with Gasteiger partial charge < -0.3 is 0 Å². The van der Waals surface area contributed by atoms with Crippen molar-refractivity contribution >= 4 is 15.9 Å². The summed E-state index contributed by atoms with van der Waals surface area (Å²) >= 11 is 0. The normalized spacial score (nSPS) is 11.3. The van der Waals surface area contributed by atoms with Gasteiger partial charge in [0.2, 0.25) is 0 Å². The van der Waals surface area contributed by atoms with E-state index in [0.717, 1.165) is 22.3 Å². The highest BCUT2D eigenvalue weighted by molar-refractivity contribution is 7.90. The molecule has 0 saturated heterocycles. The van der Waals surface area contributed by atoms with Crippen LogP contribution in [0.25, 0.3) is 11.1 Å². The van der Waals surface area contributed by atoms with Crippen molar-refractivity contribution in [3.8, 4) is 11.1 Å². The molecule has 0 spiro atoms. The van der Waals surface area contributed by atoms with Gasteiger partial charge in [-0.25, -0.2) is 4.72 Å². The average Bonchev–Trinajstić information content (AvgIpc) is 2.40. The Morgan fingerprint density at radius 2 is 1.80 bits per heavy atom. The van der Waals surface area contributed by atoms with Crippen molar-refractivity contribution in [2.45, 2.75) is 13.8 Å². The van der Waals surface area contributed by atoms with Crippen LogP contribution in [0.5, 0.6) is 0 Å². The Morgan fingerprint density at radius 1 is 1.05 bits per heavy atom. The first-order chi connectivity index (χ1) is 9.43. The number of nitrogens with one attached hydrogen (secondary N) is 2. The number of aryl methyl sites for hydroxylation is 2. The van der Waals surface area contributed by atoms with E-state index in [1.165, 1.54) is 7.05 Å². The van der Waals surface area contributed by atoms with Crippen molar-refractivity contribution in [3.63, 3.8) is 0 Å². The number of rotatable bonds is 4. The summed E-state index contributed by atoms with van der Waals surface area (Å²) in [5.74, 6) is 0. The number of pyridine rings is 1. The first kappa shape index (κ1) is 14.5. The van der Waals surface area contributed by atoms with Crippen LogP contribution in [0.15, 0.2) is 36.7 Å². The fourth-order valence-electron chi connectivity index (χ4n) is 1.98. The molecule has 5 nitrogen and oxygen atoms in total. The van der Waals surface area contributed by atoms with Gasteiger partial charge in [-0.1, -0.05) is 6.07 Å². The molecule has 0 atom stereocenters. The van der Waals surface area contributed by atoms with Gasteiger partial charge in [-0.15, -0.1) is 0 Å². The summed E-state index contributed by atoms with van der Waals surface area (Å²) in [6.07, 6.45) is 3.57. The second kappa shape index (κ2) is 5.60. The predicted octanol–water partition coefficient (Wildman–Crippen LogP) is 2.24. The standard InChI is InChI=1S/C14H17N3O2S/c1-10-6-7-16-9-14(10)13-5-4-12(8-11(13)2)17-20(18,19)15-3/h4-9,15,17H,1-3H3. The molecule has 2 rings (SSSR count). The second-order valence-corrected chi connectivity index (χ2v) is 6.15. The van der Waals surface area contributed by atoms with E-state index in [1.54, 1.807) is 18.3 Å². The number of aromatic nitrogens is 1. The van der Waals surface area contributed by atoms with Gasteiger partial charge in [0.15, 0.2) is 0 Å². The molecule has 106 valence electrons. The lowest BCUT2D eigenvalue weighted by Gasteiger charge is -2.12. The summed E-state index contributed by atoms with van der Waals surface area (Å²) in [4.78, 5) is 4.14. The van der Waals surface area contributed by atoms with Crippen molar-refractivity contribution in [2.75, 3.05) is 11.8 Å². The van der Waals surface area contributed by atoms with E-state index in [2.05, 4.69) is 14.4 Å². The minimum atomic E-state index is -3.49.